The SMILES string of the molecule is Cc1nc2ccc(-c3cc(N)nc(N)c3)nc2n1CCOc1cccc2ccccc12. The molecular weight excluding hydrogens is 388 g/mol. The highest BCUT2D eigenvalue weighted by atomic mass is 16.5. The minimum atomic E-state index is 0.366. The second-order valence-electron chi connectivity index (χ2n) is 7.38. The minimum absolute atomic E-state index is 0.366. The van der Waals surface area contributed by atoms with Gasteiger partial charge in [0.15, 0.2) is 5.65 Å². The largest absolute Gasteiger partial charge is 0.491 e. The molecule has 0 aliphatic rings. The zero-order valence-electron chi connectivity index (χ0n) is 17.1. The van der Waals surface area contributed by atoms with Crippen molar-refractivity contribution < 1.29 is 4.74 Å². The lowest BCUT2D eigenvalue weighted by molar-refractivity contribution is 0.302. The predicted octanol–water partition coefficient (Wildman–Crippen LogP) is 4.20. The van der Waals surface area contributed by atoms with E-state index in [-0.39, 0.29) is 0 Å². The molecule has 0 amide bonds. The Morgan fingerprint density at radius 1 is 0.871 bits per heavy atom. The van der Waals surface area contributed by atoms with E-state index in [1.165, 1.54) is 0 Å². The van der Waals surface area contributed by atoms with E-state index in [0.717, 1.165) is 44.8 Å². The van der Waals surface area contributed by atoms with Crippen LogP contribution in [-0.4, -0.2) is 26.1 Å². The summed E-state index contributed by atoms with van der Waals surface area (Å²) in [6.07, 6.45) is 0. The molecule has 5 aromatic rings. The molecule has 7 heteroatoms. The predicted molar refractivity (Wildman–Crippen MR) is 124 cm³/mol. The molecule has 0 aliphatic carbocycles. The molecule has 7 nitrogen and oxygen atoms in total. The first-order chi connectivity index (χ1) is 15.1. The summed E-state index contributed by atoms with van der Waals surface area (Å²) in [7, 11) is 0. The molecule has 2 aromatic carbocycles. The van der Waals surface area contributed by atoms with Crippen molar-refractivity contribution in [2.75, 3.05) is 18.1 Å². The Hall–Kier alpha value is -4.13. The van der Waals surface area contributed by atoms with Crippen LogP contribution in [0.1, 0.15) is 5.82 Å². The number of nitrogen functional groups attached to an aromatic ring is 2. The summed E-state index contributed by atoms with van der Waals surface area (Å²) in [5, 5.41) is 2.26. The van der Waals surface area contributed by atoms with Crippen molar-refractivity contribution in [3.8, 4) is 17.0 Å². The van der Waals surface area contributed by atoms with Crippen molar-refractivity contribution in [3.63, 3.8) is 0 Å². The van der Waals surface area contributed by atoms with Crippen LogP contribution >= 0.6 is 0 Å². The number of anilines is 2. The molecule has 0 saturated heterocycles. The summed E-state index contributed by atoms with van der Waals surface area (Å²) in [5.74, 6) is 2.49. The Morgan fingerprint density at radius 3 is 2.48 bits per heavy atom. The van der Waals surface area contributed by atoms with Crippen molar-refractivity contribution in [2.24, 2.45) is 0 Å². The summed E-state index contributed by atoms with van der Waals surface area (Å²) in [6.45, 7) is 3.10. The number of aromatic nitrogens is 4. The summed E-state index contributed by atoms with van der Waals surface area (Å²) >= 11 is 0. The van der Waals surface area contributed by atoms with Gasteiger partial charge >= 0.3 is 0 Å². The van der Waals surface area contributed by atoms with Gasteiger partial charge in [-0.05, 0) is 42.6 Å². The van der Waals surface area contributed by atoms with E-state index in [0.29, 0.717) is 24.8 Å². The van der Waals surface area contributed by atoms with Gasteiger partial charge in [0.05, 0.1) is 12.2 Å². The number of nitrogens with zero attached hydrogens (tertiary/aromatic N) is 4. The van der Waals surface area contributed by atoms with Gasteiger partial charge in [0.2, 0.25) is 0 Å². The Bertz CT molecular complexity index is 1380. The molecule has 154 valence electrons. The molecule has 3 aromatic heterocycles. The molecule has 0 atom stereocenters. The third kappa shape index (κ3) is 3.61. The number of ether oxygens (including phenoxy) is 1. The zero-order valence-corrected chi connectivity index (χ0v) is 17.1. The van der Waals surface area contributed by atoms with E-state index in [9.17, 15) is 0 Å². The lowest BCUT2D eigenvalue weighted by atomic mass is 10.1. The highest BCUT2D eigenvalue weighted by Crippen LogP contribution is 2.26. The number of hydrogen-bond donors (Lipinski definition) is 2. The van der Waals surface area contributed by atoms with Gasteiger partial charge in [0.25, 0.3) is 0 Å². The third-order valence-electron chi connectivity index (χ3n) is 5.27. The van der Waals surface area contributed by atoms with Crippen molar-refractivity contribution in [3.05, 3.63) is 72.6 Å². The van der Waals surface area contributed by atoms with Crippen LogP contribution in [0.4, 0.5) is 11.6 Å². The number of rotatable bonds is 5. The van der Waals surface area contributed by atoms with Crippen LogP contribution in [-0.2, 0) is 6.54 Å². The van der Waals surface area contributed by atoms with Gasteiger partial charge in [-0.2, -0.15) is 0 Å². The second kappa shape index (κ2) is 7.60. The van der Waals surface area contributed by atoms with Crippen molar-refractivity contribution in [1.29, 1.82) is 0 Å². The average Bonchev–Trinajstić information content (AvgIpc) is 3.07. The maximum absolute atomic E-state index is 6.13. The first-order valence-electron chi connectivity index (χ1n) is 10.1. The van der Waals surface area contributed by atoms with Crippen LogP contribution in [0.2, 0.25) is 0 Å². The van der Waals surface area contributed by atoms with E-state index in [1.54, 1.807) is 12.1 Å². The number of fused-ring (bicyclic) bond motifs is 2. The fraction of sp³-hybridized carbons (Fsp3) is 0.125. The smallest absolute Gasteiger partial charge is 0.160 e. The van der Waals surface area contributed by atoms with Crippen molar-refractivity contribution in [1.82, 2.24) is 19.5 Å². The van der Waals surface area contributed by atoms with Gasteiger partial charge in [0, 0.05) is 10.9 Å². The highest BCUT2D eigenvalue weighted by Gasteiger charge is 2.12. The zero-order chi connectivity index (χ0) is 21.4. The van der Waals surface area contributed by atoms with Gasteiger partial charge in [0.1, 0.15) is 35.3 Å². The van der Waals surface area contributed by atoms with Gasteiger partial charge in [-0.3, -0.25) is 0 Å². The maximum atomic E-state index is 6.13. The van der Waals surface area contributed by atoms with Crippen LogP contribution in [0.5, 0.6) is 5.75 Å². The number of benzene rings is 2. The molecule has 0 saturated carbocycles. The molecule has 0 unspecified atom stereocenters. The second-order valence-corrected chi connectivity index (χ2v) is 7.38. The summed E-state index contributed by atoms with van der Waals surface area (Å²) in [5.41, 5.74) is 14.9. The van der Waals surface area contributed by atoms with E-state index < -0.39 is 0 Å². The standard InChI is InChI=1S/C24H22N6O/c1-15-27-20-10-9-19(17-13-22(25)29-23(26)14-17)28-24(20)30(15)11-12-31-21-8-4-6-16-5-2-3-7-18(16)21/h2-10,13-14H,11-12H2,1H3,(H4,25,26,29). The minimum Gasteiger partial charge on any atom is -0.491 e. The summed E-state index contributed by atoms with van der Waals surface area (Å²) < 4.78 is 8.19. The molecule has 4 N–H and O–H groups in total. The van der Waals surface area contributed by atoms with Gasteiger partial charge in [-0.25, -0.2) is 15.0 Å². The van der Waals surface area contributed by atoms with Gasteiger partial charge in [-0.1, -0.05) is 36.4 Å². The van der Waals surface area contributed by atoms with Crippen LogP contribution in [0, 0.1) is 6.92 Å². The van der Waals surface area contributed by atoms with Gasteiger partial charge < -0.3 is 20.8 Å². The van der Waals surface area contributed by atoms with Crippen molar-refractivity contribution >= 4 is 33.6 Å². The Balaban J connectivity index is 1.43. The summed E-state index contributed by atoms with van der Waals surface area (Å²) in [6, 6.07) is 21.7. The van der Waals surface area contributed by atoms with Crippen molar-refractivity contribution in [2.45, 2.75) is 13.5 Å². The Morgan fingerprint density at radius 2 is 1.65 bits per heavy atom. The molecular formula is C24H22N6O. The number of nitrogens with two attached hydrogens (primary N) is 2. The normalized spacial score (nSPS) is 11.3. The lowest BCUT2D eigenvalue weighted by Gasteiger charge is -2.11. The van der Waals surface area contributed by atoms with E-state index in [4.69, 9.17) is 21.2 Å². The Labute approximate surface area is 179 Å². The molecule has 0 radical (unpaired) electrons. The lowest BCUT2D eigenvalue weighted by Crippen LogP contribution is -2.10. The molecule has 0 fully saturated rings. The molecule has 0 spiro atoms. The van der Waals surface area contributed by atoms with E-state index in [2.05, 4.69) is 32.7 Å². The molecule has 5 rings (SSSR count). The molecule has 3 heterocycles. The molecule has 0 bridgehead atoms. The highest BCUT2D eigenvalue weighted by molar-refractivity contribution is 5.88. The van der Waals surface area contributed by atoms with Crippen LogP contribution in [0.15, 0.2) is 66.7 Å². The van der Waals surface area contributed by atoms with E-state index >= 15 is 0 Å². The van der Waals surface area contributed by atoms with E-state index in [1.807, 2.05) is 43.3 Å². The number of pyridine rings is 2. The van der Waals surface area contributed by atoms with Crippen LogP contribution < -0.4 is 16.2 Å². The average molecular weight is 410 g/mol. The summed E-state index contributed by atoms with van der Waals surface area (Å²) in [4.78, 5) is 13.5. The monoisotopic (exact) mass is 410 g/mol. The van der Waals surface area contributed by atoms with Crippen LogP contribution in [0.3, 0.4) is 0 Å². The first-order valence-corrected chi connectivity index (χ1v) is 10.1. The number of aryl methyl sites for hydroxylation is 1. The maximum Gasteiger partial charge on any atom is 0.160 e. The topological polar surface area (TPSA) is 105 Å². The number of hydrogen-bond acceptors (Lipinski definition) is 6. The third-order valence-corrected chi connectivity index (χ3v) is 5.27. The number of imidazole rings is 1. The quantitative estimate of drug-likeness (QED) is 0.450. The first kappa shape index (κ1) is 18.9. The van der Waals surface area contributed by atoms with Gasteiger partial charge in [-0.15, -0.1) is 0 Å². The molecule has 0 aliphatic heterocycles. The Kier molecular flexibility index (Phi) is 4.63. The molecule has 31 heavy (non-hydrogen) atoms. The fourth-order valence-corrected chi connectivity index (χ4v) is 3.83. The van der Waals surface area contributed by atoms with Crippen LogP contribution in [0.25, 0.3) is 33.2 Å². The fourth-order valence-electron chi connectivity index (χ4n) is 3.83.